The number of hydrogen-bond acceptors (Lipinski definition) is 8. The fourth-order valence-electron chi connectivity index (χ4n) is 5.29. The van der Waals surface area contributed by atoms with E-state index < -0.39 is 5.97 Å². The first kappa shape index (κ1) is 33.4. The zero-order valence-corrected chi connectivity index (χ0v) is 26.1. The molecule has 1 aliphatic rings. The van der Waals surface area contributed by atoms with E-state index in [9.17, 15) is 14.4 Å². The lowest BCUT2D eigenvalue weighted by molar-refractivity contribution is -0.146. The van der Waals surface area contributed by atoms with E-state index in [1.165, 1.54) is 20.3 Å². The van der Waals surface area contributed by atoms with Crippen molar-refractivity contribution < 1.29 is 38.1 Å². The second-order valence-electron chi connectivity index (χ2n) is 11.1. The molecule has 1 fully saturated rings. The van der Waals surface area contributed by atoms with Crippen molar-refractivity contribution in [2.75, 3.05) is 34.0 Å². The van der Waals surface area contributed by atoms with Crippen LogP contribution in [-0.2, 0) is 20.7 Å². The Bertz CT molecular complexity index is 1370. The van der Waals surface area contributed by atoms with Crippen molar-refractivity contribution in [3.05, 3.63) is 89.5 Å². The van der Waals surface area contributed by atoms with Crippen molar-refractivity contribution in [2.45, 2.75) is 57.4 Å². The van der Waals surface area contributed by atoms with Gasteiger partial charge in [0, 0.05) is 6.04 Å². The van der Waals surface area contributed by atoms with Crippen LogP contribution in [0.4, 0.5) is 0 Å². The van der Waals surface area contributed by atoms with Gasteiger partial charge in [0.15, 0.2) is 0 Å². The Morgan fingerprint density at radius 3 is 2.00 bits per heavy atom. The monoisotopic (exact) mass is 617 g/mol. The van der Waals surface area contributed by atoms with Gasteiger partial charge in [0.2, 0.25) is 0 Å². The Labute approximate surface area is 265 Å². The Morgan fingerprint density at radius 2 is 1.36 bits per heavy atom. The second kappa shape index (κ2) is 17.7. The summed E-state index contributed by atoms with van der Waals surface area (Å²) in [6, 6.07) is 22.5. The lowest BCUT2D eigenvalue weighted by atomic mass is 9.86. The summed E-state index contributed by atoms with van der Waals surface area (Å²) in [6.45, 7) is 1.69. The number of benzene rings is 3. The molecule has 1 amide bonds. The summed E-state index contributed by atoms with van der Waals surface area (Å²) in [5.74, 6) is 0.927. The molecule has 0 unspecified atom stereocenters. The summed E-state index contributed by atoms with van der Waals surface area (Å²) in [5.41, 5.74) is 1.71. The highest BCUT2D eigenvalue weighted by molar-refractivity contribution is 6.00. The van der Waals surface area contributed by atoms with Crippen LogP contribution < -0.4 is 19.5 Å². The number of rotatable bonds is 16. The second-order valence-corrected chi connectivity index (χ2v) is 11.1. The number of carbonyl (C=O) groups excluding carboxylic acids is 3. The first-order chi connectivity index (χ1) is 22.0. The molecule has 9 heteroatoms. The normalized spacial score (nSPS) is 15.9. The van der Waals surface area contributed by atoms with E-state index in [1.807, 2.05) is 54.6 Å². The fraction of sp³-hybridized carbons (Fsp3) is 0.417. The number of esters is 2. The van der Waals surface area contributed by atoms with Gasteiger partial charge in [-0.05, 0) is 99.4 Å². The van der Waals surface area contributed by atoms with E-state index in [4.69, 9.17) is 23.7 Å². The molecule has 3 aromatic carbocycles. The van der Waals surface area contributed by atoms with Gasteiger partial charge in [-0.1, -0.05) is 30.3 Å². The van der Waals surface area contributed by atoms with E-state index in [1.54, 1.807) is 12.1 Å². The van der Waals surface area contributed by atoms with Crippen molar-refractivity contribution in [3.8, 4) is 17.2 Å². The predicted molar refractivity (Wildman–Crippen MR) is 170 cm³/mol. The zero-order chi connectivity index (χ0) is 31.9. The van der Waals surface area contributed by atoms with Crippen molar-refractivity contribution >= 4 is 17.8 Å². The number of para-hydroxylation sites is 1. The molecule has 9 nitrogen and oxygen atoms in total. The summed E-state index contributed by atoms with van der Waals surface area (Å²) < 4.78 is 27.3. The molecule has 1 saturated carbocycles. The lowest BCUT2D eigenvalue weighted by Crippen LogP contribution is -2.39. The Balaban J connectivity index is 1.21. The third-order valence-electron chi connectivity index (χ3n) is 7.85. The number of hydrogen-bond donors (Lipinski definition) is 1. The first-order valence-electron chi connectivity index (χ1n) is 15.6. The van der Waals surface area contributed by atoms with Crippen LogP contribution in [0.5, 0.6) is 17.2 Å². The van der Waals surface area contributed by atoms with E-state index in [0.717, 1.165) is 42.7 Å². The summed E-state index contributed by atoms with van der Waals surface area (Å²) in [6.07, 6.45) is 6.00. The van der Waals surface area contributed by atoms with Gasteiger partial charge in [-0.2, -0.15) is 0 Å². The first-order valence-corrected chi connectivity index (χ1v) is 15.6. The molecule has 1 N–H and O–H groups in total. The molecule has 45 heavy (non-hydrogen) atoms. The molecule has 0 saturated heterocycles. The molecule has 0 heterocycles. The van der Waals surface area contributed by atoms with Gasteiger partial charge in [-0.15, -0.1) is 0 Å². The smallest absolute Gasteiger partial charge is 0.337 e. The average Bonchev–Trinajstić information content (AvgIpc) is 3.08. The number of nitrogens with one attached hydrogen (secondary N) is 1. The summed E-state index contributed by atoms with van der Waals surface area (Å²) in [5, 5.41) is 3.05. The minimum atomic E-state index is -0.529. The molecule has 0 aliphatic heterocycles. The summed E-state index contributed by atoms with van der Waals surface area (Å²) in [7, 11) is 2.69. The van der Waals surface area contributed by atoms with Crippen molar-refractivity contribution in [1.29, 1.82) is 0 Å². The molecule has 0 atom stereocenters. The van der Waals surface area contributed by atoms with Crippen LogP contribution in [0.1, 0.15) is 71.2 Å². The van der Waals surface area contributed by atoms with E-state index in [2.05, 4.69) is 5.32 Å². The van der Waals surface area contributed by atoms with Crippen LogP contribution in [-0.4, -0.2) is 57.9 Å². The Kier molecular flexibility index (Phi) is 13.1. The third kappa shape index (κ3) is 10.6. The van der Waals surface area contributed by atoms with Gasteiger partial charge in [-0.3, -0.25) is 9.59 Å². The minimum absolute atomic E-state index is 0.0753. The molecular formula is C36H43NO8. The highest BCUT2D eigenvalue weighted by atomic mass is 16.5. The van der Waals surface area contributed by atoms with Gasteiger partial charge in [0.1, 0.15) is 17.2 Å². The van der Waals surface area contributed by atoms with Crippen LogP contribution in [0.2, 0.25) is 0 Å². The van der Waals surface area contributed by atoms with Gasteiger partial charge in [0.25, 0.3) is 5.91 Å². The van der Waals surface area contributed by atoms with Crippen LogP contribution in [0, 0.1) is 5.92 Å². The molecule has 0 spiro atoms. The molecule has 3 aromatic rings. The SMILES string of the molecule is COC(=O)c1ccc(OCCCc2ccc(OCCCCOc3ccccc3)cc2)c(C(=O)NC2CCC(C(=O)OC)CC2)c1. The summed E-state index contributed by atoms with van der Waals surface area (Å²) in [4.78, 5) is 37.3. The van der Waals surface area contributed by atoms with Crippen LogP contribution in [0.15, 0.2) is 72.8 Å². The van der Waals surface area contributed by atoms with Crippen molar-refractivity contribution in [2.24, 2.45) is 5.92 Å². The average molecular weight is 618 g/mol. The molecule has 0 radical (unpaired) electrons. The van der Waals surface area contributed by atoms with Crippen LogP contribution in [0.3, 0.4) is 0 Å². The van der Waals surface area contributed by atoms with Gasteiger partial charge in [-0.25, -0.2) is 4.79 Å². The molecule has 240 valence electrons. The number of amides is 1. The van der Waals surface area contributed by atoms with Crippen molar-refractivity contribution in [3.63, 3.8) is 0 Å². The zero-order valence-electron chi connectivity index (χ0n) is 26.1. The van der Waals surface area contributed by atoms with E-state index in [-0.39, 0.29) is 35.0 Å². The fourth-order valence-corrected chi connectivity index (χ4v) is 5.29. The van der Waals surface area contributed by atoms with Gasteiger partial charge < -0.3 is 29.0 Å². The third-order valence-corrected chi connectivity index (χ3v) is 7.85. The standard InChI is InChI=1S/C36H43NO8/c1-41-35(39)27-14-17-29(18-15-27)37-34(38)32-25-28(36(40)42-2)16-21-33(32)45-24-8-9-26-12-19-31(20-13-26)44-23-7-6-22-43-30-10-4-3-5-11-30/h3-5,10-13,16,19-21,25,27,29H,6-9,14-15,17-18,22-24H2,1-2H3,(H,37,38). The summed E-state index contributed by atoms with van der Waals surface area (Å²) >= 11 is 0. The Morgan fingerprint density at radius 1 is 0.711 bits per heavy atom. The quantitative estimate of drug-likeness (QED) is 0.150. The predicted octanol–water partition coefficient (Wildman–Crippen LogP) is 6.18. The maximum Gasteiger partial charge on any atom is 0.337 e. The highest BCUT2D eigenvalue weighted by Crippen LogP contribution is 2.27. The lowest BCUT2D eigenvalue weighted by Gasteiger charge is -2.27. The Hall–Kier alpha value is -4.53. The molecule has 1 aliphatic carbocycles. The number of ether oxygens (including phenoxy) is 5. The van der Waals surface area contributed by atoms with Gasteiger partial charge in [0.05, 0.1) is 51.1 Å². The van der Waals surface area contributed by atoms with Crippen LogP contribution >= 0.6 is 0 Å². The maximum atomic E-state index is 13.3. The van der Waals surface area contributed by atoms with E-state index >= 15 is 0 Å². The van der Waals surface area contributed by atoms with Crippen molar-refractivity contribution in [1.82, 2.24) is 5.32 Å². The minimum Gasteiger partial charge on any atom is -0.494 e. The number of unbranched alkanes of at least 4 members (excludes halogenated alkanes) is 1. The van der Waals surface area contributed by atoms with Gasteiger partial charge >= 0.3 is 11.9 Å². The highest BCUT2D eigenvalue weighted by Gasteiger charge is 2.28. The molecular weight excluding hydrogens is 574 g/mol. The van der Waals surface area contributed by atoms with E-state index in [0.29, 0.717) is 51.3 Å². The molecule has 4 rings (SSSR count). The number of aryl methyl sites for hydroxylation is 1. The van der Waals surface area contributed by atoms with Crippen LogP contribution in [0.25, 0.3) is 0 Å². The number of carbonyl (C=O) groups is 3. The molecule has 0 aromatic heterocycles. The number of methoxy groups -OCH3 is 2. The molecule has 0 bridgehead atoms. The largest absolute Gasteiger partial charge is 0.494 e. The maximum absolute atomic E-state index is 13.3. The topological polar surface area (TPSA) is 109 Å².